The molecule has 1 amide bonds. The highest BCUT2D eigenvalue weighted by Crippen LogP contribution is 2.10. The highest BCUT2D eigenvalue weighted by atomic mass is 16.4. The number of amides is 1. The maximum absolute atomic E-state index is 11.3. The summed E-state index contributed by atoms with van der Waals surface area (Å²) < 4.78 is 0. The number of aromatic nitrogens is 1. The van der Waals surface area contributed by atoms with Gasteiger partial charge >= 0.3 is 5.97 Å². The first kappa shape index (κ1) is 10.2. The van der Waals surface area contributed by atoms with E-state index in [1.807, 2.05) is 0 Å². The first-order valence-electron chi connectivity index (χ1n) is 3.99. The van der Waals surface area contributed by atoms with Crippen LogP contribution >= 0.6 is 0 Å². The Bertz CT molecular complexity index is 337. The fraction of sp³-hybridized carbons (Fsp3) is 0.222. The minimum absolute atomic E-state index is 0.455. The maximum atomic E-state index is 11.3. The zero-order valence-electron chi connectivity index (χ0n) is 7.67. The van der Waals surface area contributed by atoms with Crippen LogP contribution in [0.15, 0.2) is 24.5 Å². The third-order valence-electron chi connectivity index (χ3n) is 1.73. The van der Waals surface area contributed by atoms with Gasteiger partial charge in [-0.05, 0) is 12.1 Å². The zero-order chi connectivity index (χ0) is 10.6. The molecule has 0 saturated carbocycles. The van der Waals surface area contributed by atoms with Gasteiger partial charge in [-0.15, -0.1) is 0 Å². The Morgan fingerprint density at radius 1 is 1.43 bits per heavy atom. The van der Waals surface area contributed by atoms with Crippen LogP contribution in [0.5, 0.6) is 0 Å². The van der Waals surface area contributed by atoms with Crippen molar-refractivity contribution in [3.05, 3.63) is 24.5 Å². The molecule has 0 aliphatic heterocycles. The summed E-state index contributed by atoms with van der Waals surface area (Å²) >= 11 is 0. The minimum Gasteiger partial charge on any atom is -0.481 e. The van der Waals surface area contributed by atoms with Crippen molar-refractivity contribution in [2.45, 2.75) is 6.42 Å². The molecule has 0 aromatic carbocycles. The monoisotopic (exact) mass is 194 g/mol. The van der Waals surface area contributed by atoms with Crippen LogP contribution in [0.1, 0.15) is 6.42 Å². The van der Waals surface area contributed by atoms with Crippen LogP contribution in [0.25, 0.3) is 0 Å². The first-order chi connectivity index (χ1) is 6.61. The molecular weight excluding hydrogens is 184 g/mol. The molecule has 0 aliphatic carbocycles. The Hall–Kier alpha value is -1.91. The smallest absolute Gasteiger partial charge is 0.312 e. The maximum Gasteiger partial charge on any atom is 0.312 e. The number of hydrogen-bond acceptors (Lipinski definition) is 3. The average molecular weight is 194 g/mol. The lowest BCUT2D eigenvalue weighted by Gasteiger charge is -2.15. The Morgan fingerprint density at radius 3 is 2.50 bits per heavy atom. The van der Waals surface area contributed by atoms with E-state index in [1.165, 1.54) is 11.9 Å². The van der Waals surface area contributed by atoms with Gasteiger partial charge in [0, 0.05) is 25.1 Å². The topological polar surface area (TPSA) is 70.5 Å². The quantitative estimate of drug-likeness (QED) is 0.712. The largest absolute Gasteiger partial charge is 0.481 e. The van der Waals surface area contributed by atoms with Crippen LogP contribution in [0.4, 0.5) is 5.69 Å². The molecule has 0 radical (unpaired) electrons. The van der Waals surface area contributed by atoms with Crippen molar-refractivity contribution in [1.29, 1.82) is 0 Å². The van der Waals surface area contributed by atoms with Gasteiger partial charge in [-0.25, -0.2) is 0 Å². The zero-order valence-corrected chi connectivity index (χ0v) is 7.67. The predicted molar refractivity (Wildman–Crippen MR) is 49.9 cm³/mol. The second kappa shape index (κ2) is 4.36. The van der Waals surface area contributed by atoms with Crippen molar-refractivity contribution in [2.75, 3.05) is 11.9 Å². The Morgan fingerprint density at radius 2 is 2.00 bits per heavy atom. The van der Waals surface area contributed by atoms with E-state index in [2.05, 4.69) is 4.98 Å². The molecule has 1 heterocycles. The Balaban J connectivity index is 2.71. The number of carbonyl (C=O) groups is 2. The van der Waals surface area contributed by atoms with Crippen LogP contribution in [0.3, 0.4) is 0 Å². The first-order valence-corrected chi connectivity index (χ1v) is 3.99. The van der Waals surface area contributed by atoms with Crippen molar-refractivity contribution >= 4 is 17.6 Å². The summed E-state index contributed by atoms with van der Waals surface area (Å²) in [4.78, 5) is 26.6. The number of hydrogen-bond donors (Lipinski definition) is 1. The van der Waals surface area contributed by atoms with Crippen molar-refractivity contribution in [3.8, 4) is 0 Å². The number of anilines is 1. The van der Waals surface area contributed by atoms with Gasteiger partial charge in [0.2, 0.25) is 5.91 Å². The van der Waals surface area contributed by atoms with Gasteiger partial charge in [-0.1, -0.05) is 0 Å². The van der Waals surface area contributed by atoms with Crippen molar-refractivity contribution in [2.24, 2.45) is 0 Å². The molecule has 0 fully saturated rings. The molecule has 1 aromatic heterocycles. The van der Waals surface area contributed by atoms with Gasteiger partial charge in [0.15, 0.2) is 0 Å². The van der Waals surface area contributed by atoms with E-state index in [1.54, 1.807) is 24.5 Å². The lowest BCUT2D eigenvalue weighted by atomic mass is 10.3. The molecule has 0 bridgehead atoms. The average Bonchev–Trinajstić information content (AvgIpc) is 2.17. The standard InChI is InChI=1S/C9H10N2O3/c1-11(8(12)6-9(13)14)7-2-4-10-5-3-7/h2-5H,6H2,1H3,(H,13,14). The van der Waals surface area contributed by atoms with E-state index in [4.69, 9.17) is 5.11 Å². The van der Waals surface area contributed by atoms with Crippen LogP contribution in [0, 0.1) is 0 Å². The highest BCUT2D eigenvalue weighted by molar-refractivity contribution is 6.02. The molecule has 0 saturated heterocycles. The summed E-state index contributed by atoms with van der Waals surface area (Å²) in [5.41, 5.74) is 0.631. The molecule has 1 rings (SSSR count). The number of carboxylic acids is 1. The molecule has 1 N–H and O–H groups in total. The summed E-state index contributed by atoms with van der Waals surface area (Å²) in [5.74, 6) is -1.58. The number of carboxylic acid groups (broad SMARTS) is 1. The third-order valence-corrected chi connectivity index (χ3v) is 1.73. The second-order valence-corrected chi connectivity index (χ2v) is 2.73. The normalized spacial score (nSPS) is 9.50. The lowest BCUT2D eigenvalue weighted by molar-refractivity contribution is -0.140. The SMILES string of the molecule is CN(C(=O)CC(=O)O)c1ccncc1. The molecule has 0 unspecified atom stereocenters. The van der Waals surface area contributed by atoms with E-state index in [-0.39, 0.29) is 0 Å². The van der Waals surface area contributed by atoms with Crippen molar-refractivity contribution in [1.82, 2.24) is 4.98 Å². The van der Waals surface area contributed by atoms with Gasteiger partial charge in [0.05, 0.1) is 0 Å². The van der Waals surface area contributed by atoms with Crippen LogP contribution in [0.2, 0.25) is 0 Å². The molecular formula is C9H10N2O3. The van der Waals surface area contributed by atoms with Crippen molar-refractivity contribution < 1.29 is 14.7 Å². The van der Waals surface area contributed by atoms with Crippen LogP contribution in [-0.2, 0) is 9.59 Å². The number of rotatable bonds is 3. The molecule has 74 valence electrons. The van der Waals surface area contributed by atoms with E-state index in [0.717, 1.165) is 0 Å². The van der Waals surface area contributed by atoms with E-state index < -0.39 is 18.3 Å². The fourth-order valence-corrected chi connectivity index (χ4v) is 0.960. The lowest BCUT2D eigenvalue weighted by Crippen LogP contribution is -2.28. The van der Waals surface area contributed by atoms with E-state index in [0.29, 0.717) is 5.69 Å². The summed E-state index contributed by atoms with van der Waals surface area (Å²) in [5, 5.41) is 8.42. The van der Waals surface area contributed by atoms with Gasteiger partial charge < -0.3 is 10.0 Å². The Kier molecular flexibility index (Phi) is 3.17. The number of nitrogens with zero attached hydrogens (tertiary/aromatic N) is 2. The Labute approximate surface area is 81.0 Å². The highest BCUT2D eigenvalue weighted by Gasteiger charge is 2.13. The van der Waals surface area contributed by atoms with E-state index in [9.17, 15) is 9.59 Å². The predicted octanol–water partition coefficient (Wildman–Crippen LogP) is 0.519. The second-order valence-electron chi connectivity index (χ2n) is 2.73. The number of pyridine rings is 1. The third kappa shape index (κ3) is 2.55. The summed E-state index contributed by atoms with van der Waals surface area (Å²) in [7, 11) is 1.53. The van der Waals surface area contributed by atoms with Gasteiger partial charge in [-0.3, -0.25) is 14.6 Å². The molecule has 1 aromatic rings. The van der Waals surface area contributed by atoms with Gasteiger partial charge in [0.25, 0.3) is 0 Å². The summed E-state index contributed by atoms with van der Waals surface area (Å²) in [6.07, 6.45) is 2.58. The van der Waals surface area contributed by atoms with Crippen LogP contribution < -0.4 is 4.90 Å². The summed E-state index contributed by atoms with van der Waals surface area (Å²) in [6.45, 7) is 0. The number of aliphatic carboxylic acids is 1. The van der Waals surface area contributed by atoms with Crippen molar-refractivity contribution in [3.63, 3.8) is 0 Å². The molecule has 0 aliphatic rings. The molecule has 5 nitrogen and oxygen atoms in total. The summed E-state index contributed by atoms with van der Waals surface area (Å²) in [6, 6.07) is 3.28. The molecule has 5 heteroatoms. The fourth-order valence-electron chi connectivity index (χ4n) is 0.960. The van der Waals surface area contributed by atoms with Crippen LogP contribution in [-0.4, -0.2) is 29.0 Å². The number of carbonyl (C=O) groups excluding carboxylic acids is 1. The van der Waals surface area contributed by atoms with Gasteiger partial charge in [-0.2, -0.15) is 0 Å². The minimum atomic E-state index is -1.13. The molecule has 0 spiro atoms. The van der Waals surface area contributed by atoms with E-state index >= 15 is 0 Å². The molecule has 14 heavy (non-hydrogen) atoms. The van der Waals surface area contributed by atoms with Gasteiger partial charge in [0.1, 0.15) is 6.42 Å². The molecule has 0 atom stereocenters.